The Balaban J connectivity index is 2.16. The molecule has 0 unspecified atom stereocenters. The van der Waals surface area contributed by atoms with Gasteiger partial charge in [-0.15, -0.1) is 0 Å². The van der Waals surface area contributed by atoms with Gasteiger partial charge in [0.15, 0.2) is 0 Å². The molecular weight excluding hydrogens is 222 g/mol. The first-order valence-corrected chi connectivity index (χ1v) is 7.06. The molecule has 0 saturated heterocycles. The molecule has 1 saturated carbocycles. The summed E-state index contributed by atoms with van der Waals surface area (Å²) in [5, 5.41) is 10.1. The molecule has 0 atom stereocenters. The monoisotopic (exact) mass is 245 g/mol. The smallest absolute Gasteiger partial charge is 0.127 e. The van der Waals surface area contributed by atoms with Gasteiger partial charge in [0.25, 0.3) is 0 Å². The number of hydrogen-bond acceptors (Lipinski definition) is 2. The number of rotatable bonds is 3. The molecule has 2 nitrogen and oxygen atoms in total. The number of phenols is 1. The summed E-state index contributed by atoms with van der Waals surface area (Å²) < 4.78 is 0. The molecule has 0 aromatic heterocycles. The van der Waals surface area contributed by atoms with Crippen LogP contribution in [0.5, 0.6) is 5.75 Å². The zero-order chi connectivity index (χ0) is 13.0. The van der Waals surface area contributed by atoms with Gasteiger partial charge in [-0.2, -0.15) is 0 Å². The normalized spacial score (nSPS) is 17.4. The van der Waals surface area contributed by atoms with Crippen molar-refractivity contribution < 1.29 is 5.11 Å². The van der Waals surface area contributed by atoms with E-state index in [0.29, 0.717) is 11.8 Å². The van der Waals surface area contributed by atoms with E-state index in [4.69, 9.17) is 0 Å². The molecule has 98 valence electrons. The maximum absolute atomic E-state index is 10.1. The van der Waals surface area contributed by atoms with Crippen molar-refractivity contribution in [1.29, 1.82) is 0 Å². The molecule has 1 aliphatic carbocycles. The molecule has 1 N–H and O–H groups in total. The Morgan fingerprint density at radius 1 is 1.28 bits per heavy atom. The van der Waals surface area contributed by atoms with Gasteiger partial charge in [-0.25, -0.2) is 0 Å². The summed E-state index contributed by atoms with van der Waals surface area (Å²) in [6, 6.07) is 4.56. The third kappa shape index (κ3) is 3.12. The van der Waals surface area contributed by atoms with Crippen molar-refractivity contribution in [3.05, 3.63) is 28.8 Å². The number of hydrogen-bond donors (Lipinski definition) is 1. The van der Waals surface area contributed by atoms with E-state index in [1.165, 1.54) is 37.7 Å². The third-order valence-electron chi connectivity index (χ3n) is 3.80. The van der Waals surface area contributed by atoms with Crippen molar-refractivity contribution in [3.8, 4) is 5.75 Å². The van der Waals surface area contributed by atoms with Crippen molar-refractivity contribution in [2.24, 2.45) is 4.99 Å². The molecule has 0 heterocycles. The van der Waals surface area contributed by atoms with Crippen LogP contribution in [0.1, 0.15) is 55.7 Å². The van der Waals surface area contributed by atoms with Crippen LogP contribution >= 0.6 is 0 Å². The summed E-state index contributed by atoms with van der Waals surface area (Å²) in [7, 11) is 0. The molecule has 0 amide bonds. The van der Waals surface area contributed by atoms with Crippen LogP contribution in [0.4, 0.5) is 0 Å². The van der Waals surface area contributed by atoms with Crippen molar-refractivity contribution >= 4 is 6.21 Å². The van der Waals surface area contributed by atoms with Crippen molar-refractivity contribution in [2.75, 3.05) is 0 Å². The van der Waals surface area contributed by atoms with Gasteiger partial charge in [-0.3, -0.25) is 4.99 Å². The maximum Gasteiger partial charge on any atom is 0.127 e. The fourth-order valence-corrected chi connectivity index (χ4v) is 2.60. The predicted molar refractivity (Wildman–Crippen MR) is 76.7 cm³/mol. The van der Waals surface area contributed by atoms with Crippen molar-refractivity contribution in [1.82, 2.24) is 0 Å². The van der Waals surface area contributed by atoms with Gasteiger partial charge in [0.1, 0.15) is 5.75 Å². The lowest BCUT2D eigenvalue weighted by Gasteiger charge is -2.17. The van der Waals surface area contributed by atoms with Crippen LogP contribution < -0.4 is 0 Å². The summed E-state index contributed by atoms with van der Waals surface area (Å²) in [5.74, 6) is 0.381. The summed E-state index contributed by atoms with van der Waals surface area (Å²) in [6.07, 6.45) is 9.20. The SMILES string of the molecule is CCc1cc(C)c(O)c(C=NC2CCCCC2)c1. The highest BCUT2D eigenvalue weighted by molar-refractivity contribution is 5.84. The summed E-state index contributed by atoms with van der Waals surface area (Å²) >= 11 is 0. The molecule has 1 aromatic rings. The second kappa shape index (κ2) is 6.03. The quantitative estimate of drug-likeness (QED) is 0.802. The molecule has 2 heteroatoms. The average Bonchev–Trinajstić information content (AvgIpc) is 2.41. The van der Waals surface area contributed by atoms with Crippen LogP contribution in [0.3, 0.4) is 0 Å². The number of phenolic OH excluding ortho intramolecular Hbond substituents is 1. The molecule has 1 fully saturated rings. The Hall–Kier alpha value is -1.31. The zero-order valence-electron chi connectivity index (χ0n) is 11.4. The lowest BCUT2D eigenvalue weighted by molar-refractivity contribution is 0.444. The van der Waals surface area contributed by atoms with E-state index in [1.807, 2.05) is 19.2 Å². The number of aryl methyl sites for hydroxylation is 2. The zero-order valence-corrected chi connectivity index (χ0v) is 11.4. The highest BCUT2D eigenvalue weighted by Gasteiger charge is 2.11. The number of aromatic hydroxyl groups is 1. The van der Waals surface area contributed by atoms with Crippen LogP contribution in [0, 0.1) is 6.92 Å². The first-order chi connectivity index (χ1) is 8.70. The molecule has 1 aromatic carbocycles. The Labute approximate surface area is 110 Å². The van der Waals surface area contributed by atoms with E-state index < -0.39 is 0 Å². The van der Waals surface area contributed by atoms with Crippen molar-refractivity contribution in [3.63, 3.8) is 0 Å². The van der Waals surface area contributed by atoms with Gasteiger partial charge in [-0.1, -0.05) is 32.3 Å². The second-order valence-electron chi connectivity index (χ2n) is 5.27. The highest BCUT2D eigenvalue weighted by atomic mass is 16.3. The molecule has 0 bridgehead atoms. The van der Waals surface area contributed by atoms with Crippen LogP contribution in [0.25, 0.3) is 0 Å². The van der Waals surface area contributed by atoms with E-state index in [0.717, 1.165) is 17.5 Å². The molecule has 1 aliphatic rings. The minimum Gasteiger partial charge on any atom is -0.507 e. The van der Waals surface area contributed by atoms with E-state index in [-0.39, 0.29) is 0 Å². The van der Waals surface area contributed by atoms with Gasteiger partial charge in [0, 0.05) is 17.8 Å². The molecule has 0 aliphatic heterocycles. The Kier molecular flexibility index (Phi) is 4.40. The lowest BCUT2D eigenvalue weighted by atomic mass is 9.96. The van der Waals surface area contributed by atoms with Crippen molar-refractivity contribution in [2.45, 2.75) is 58.4 Å². The maximum atomic E-state index is 10.1. The average molecular weight is 245 g/mol. The number of aliphatic imine (C=N–C) groups is 1. The lowest BCUT2D eigenvalue weighted by Crippen LogP contribution is -2.09. The predicted octanol–water partition coefficient (Wildman–Crippen LogP) is 4.01. The van der Waals surface area contributed by atoms with Crippen LogP contribution in [0.15, 0.2) is 17.1 Å². The number of benzene rings is 1. The van der Waals surface area contributed by atoms with Gasteiger partial charge in [-0.05, 0) is 43.4 Å². The van der Waals surface area contributed by atoms with Crippen LogP contribution in [0.2, 0.25) is 0 Å². The minimum atomic E-state index is 0.381. The fourth-order valence-electron chi connectivity index (χ4n) is 2.60. The first-order valence-electron chi connectivity index (χ1n) is 7.06. The number of nitrogens with zero attached hydrogens (tertiary/aromatic N) is 1. The van der Waals surface area contributed by atoms with E-state index in [1.54, 1.807) is 0 Å². The van der Waals surface area contributed by atoms with Gasteiger partial charge < -0.3 is 5.11 Å². The third-order valence-corrected chi connectivity index (χ3v) is 3.80. The molecular formula is C16H23NO. The largest absolute Gasteiger partial charge is 0.507 e. The van der Waals surface area contributed by atoms with E-state index >= 15 is 0 Å². The van der Waals surface area contributed by atoms with Gasteiger partial charge in [0.2, 0.25) is 0 Å². The van der Waals surface area contributed by atoms with Crippen LogP contribution in [-0.2, 0) is 6.42 Å². The highest BCUT2D eigenvalue weighted by Crippen LogP contribution is 2.24. The van der Waals surface area contributed by atoms with Crippen LogP contribution in [-0.4, -0.2) is 17.4 Å². The van der Waals surface area contributed by atoms with Gasteiger partial charge >= 0.3 is 0 Å². The summed E-state index contributed by atoms with van der Waals surface area (Å²) in [6.45, 7) is 4.08. The summed E-state index contributed by atoms with van der Waals surface area (Å²) in [4.78, 5) is 4.65. The summed E-state index contributed by atoms with van der Waals surface area (Å²) in [5.41, 5.74) is 3.08. The van der Waals surface area contributed by atoms with E-state index in [9.17, 15) is 5.11 Å². The molecule has 0 spiro atoms. The molecule has 18 heavy (non-hydrogen) atoms. The van der Waals surface area contributed by atoms with E-state index in [2.05, 4.69) is 18.0 Å². The Morgan fingerprint density at radius 3 is 2.67 bits per heavy atom. The molecule has 0 radical (unpaired) electrons. The first kappa shape index (κ1) is 13.1. The topological polar surface area (TPSA) is 32.6 Å². The standard InChI is InChI=1S/C16H23NO/c1-3-13-9-12(2)16(18)14(10-13)11-17-15-7-5-4-6-8-15/h9-11,15,18H,3-8H2,1-2H3. The molecule has 2 rings (SSSR count). The Morgan fingerprint density at radius 2 is 2.00 bits per heavy atom. The minimum absolute atomic E-state index is 0.381. The second-order valence-corrected chi connectivity index (χ2v) is 5.27. The Bertz CT molecular complexity index is 431. The fraction of sp³-hybridized carbons (Fsp3) is 0.562. The van der Waals surface area contributed by atoms with Gasteiger partial charge in [0.05, 0.1) is 0 Å².